The number of hydrogen-bond acceptors (Lipinski definition) is 3. The fourth-order valence-electron chi connectivity index (χ4n) is 2.70. The van der Waals surface area contributed by atoms with Crippen LogP contribution in [0.1, 0.15) is 18.4 Å². The molecule has 0 amide bonds. The summed E-state index contributed by atoms with van der Waals surface area (Å²) in [5.74, 6) is -1.69. The van der Waals surface area contributed by atoms with Crippen LogP contribution in [-0.2, 0) is 0 Å². The van der Waals surface area contributed by atoms with E-state index in [1.54, 1.807) is 11.9 Å². The summed E-state index contributed by atoms with van der Waals surface area (Å²) in [6.45, 7) is 1.79. The second-order valence-corrected chi connectivity index (χ2v) is 5.37. The van der Waals surface area contributed by atoms with Gasteiger partial charge >= 0.3 is 0 Å². The molecule has 1 aromatic rings. The standard InChI is InChI=1S/C14H20F2N4/c1-19-5-3-4-10(8-19)20(2)13-11(15)6-9(14(17)18)7-12(13)16/h6-7,10H,3-5,8H2,1-2H3,(H3,17,18). The second-order valence-electron chi connectivity index (χ2n) is 5.37. The molecular formula is C14H20F2N4. The summed E-state index contributed by atoms with van der Waals surface area (Å²) in [6, 6.07) is 2.31. The SMILES string of the molecule is CN1CCCC(N(C)c2c(F)cc(C(=N)N)cc2F)C1. The van der Waals surface area contributed by atoms with Gasteiger partial charge in [0.2, 0.25) is 0 Å². The number of nitrogens with zero attached hydrogens (tertiary/aromatic N) is 2. The number of halogens is 2. The largest absolute Gasteiger partial charge is 0.384 e. The van der Waals surface area contributed by atoms with Gasteiger partial charge in [-0.3, -0.25) is 5.41 Å². The molecule has 3 N–H and O–H groups in total. The first-order valence-corrected chi connectivity index (χ1v) is 6.65. The third-order valence-corrected chi connectivity index (χ3v) is 3.83. The van der Waals surface area contributed by atoms with Gasteiger partial charge in [-0.05, 0) is 38.6 Å². The van der Waals surface area contributed by atoms with E-state index in [0.29, 0.717) is 0 Å². The average Bonchev–Trinajstić information content (AvgIpc) is 2.37. The number of benzene rings is 1. The lowest BCUT2D eigenvalue weighted by molar-refractivity contribution is 0.247. The molecule has 0 bridgehead atoms. The number of amidine groups is 1. The molecule has 1 aliphatic rings. The minimum atomic E-state index is -0.675. The highest BCUT2D eigenvalue weighted by Crippen LogP contribution is 2.28. The van der Waals surface area contributed by atoms with E-state index in [9.17, 15) is 8.78 Å². The fourth-order valence-corrected chi connectivity index (χ4v) is 2.70. The summed E-state index contributed by atoms with van der Waals surface area (Å²) in [5.41, 5.74) is 5.29. The molecule has 0 radical (unpaired) electrons. The summed E-state index contributed by atoms with van der Waals surface area (Å²) >= 11 is 0. The number of nitrogens with one attached hydrogen (secondary N) is 1. The van der Waals surface area contributed by atoms with Crippen molar-refractivity contribution in [2.45, 2.75) is 18.9 Å². The minimum absolute atomic E-state index is 0.0460. The van der Waals surface area contributed by atoms with E-state index in [4.69, 9.17) is 11.1 Å². The van der Waals surface area contributed by atoms with Gasteiger partial charge in [-0.2, -0.15) is 0 Å². The Hall–Kier alpha value is -1.69. The first-order chi connectivity index (χ1) is 9.40. The predicted octanol–water partition coefficient (Wildman–Crippen LogP) is 1.78. The molecule has 0 spiro atoms. The Morgan fingerprint density at radius 3 is 2.50 bits per heavy atom. The van der Waals surface area contributed by atoms with Crippen LogP contribution in [-0.4, -0.2) is 44.0 Å². The molecule has 1 aliphatic heterocycles. The minimum Gasteiger partial charge on any atom is -0.384 e. The average molecular weight is 282 g/mol. The van der Waals surface area contributed by atoms with Crippen LogP contribution in [0.2, 0.25) is 0 Å². The first-order valence-electron chi connectivity index (χ1n) is 6.65. The Labute approximate surface area is 117 Å². The maximum absolute atomic E-state index is 14.1. The van der Waals surface area contributed by atoms with Crippen LogP contribution < -0.4 is 10.6 Å². The topological polar surface area (TPSA) is 56.4 Å². The third kappa shape index (κ3) is 2.90. The summed E-state index contributed by atoms with van der Waals surface area (Å²) in [7, 11) is 3.71. The van der Waals surface area contributed by atoms with Crippen molar-refractivity contribution in [3.05, 3.63) is 29.3 Å². The van der Waals surface area contributed by atoms with E-state index in [-0.39, 0.29) is 23.1 Å². The van der Waals surface area contributed by atoms with Crippen LogP contribution in [0.3, 0.4) is 0 Å². The molecule has 6 heteroatoms. The van der Waals surface area contributed by atoms with Gasteiger partial charge in [-0.25, -0.2) is 8.78 Å². The van der Waals surface area contributed by atoms with Gasteiger partial charge in [0.1, 0.15) is 23.2 Å². The molecule has 0 aromatic heterocycles. The molecule has 1 atom stereocenters. The number of hydrogen-bond donors (Lipinski definition) is 2. The highest BCUT2D eigenvalue weighted by molar-refractivity contribution is 5.95. The van der Waals surface area contributed by atoms with Gasteiger partial charge in [0.05, 0.1) is 0 Å². The molecule has 0 aliphatic carbocycles. The Morgan fingerprint density at radius 2 is 2.00 bits per heavy atom. The van der Waals surface area contributed by atoms with Gasteiger partial charge in [0.15, 0.2) is 0 Å². The molecule has 1 heterocycles. The van der Waals surface area contributed by atoms with Crippen LogP contribution in [0.25, 0.3) is 0 Å². The van der Waals surface area contributed by atoms with E-state index in [1.807, 2.05) is 7.05 Å². The molecule has 4 nitrogen and oxygen atoms in total. The van der Waals surface area contributed by atoms with Crippen LogP contribution in [0.15, 0.2) is 12.1 Å². The molecule has 1 fully saturated rings. The van der Waals surface area contributed by atoms with Gasteiger partial charge in [0, 0.05) is 25.2 Å². The van der Waals surface area contributed by atoms with E-state index >= 15 is 0 Å². The summed E-state index contributed by atoms with van der Waals surface area (Å²) in [4.78, 5) is 3.81. The number of rotatable bonds is 3. The van der Waals surface area contributed by atoms with Crippen molar-refractivity contribution >= 4 is 11.5 Å². The maximum Gasteiger partial charge on any atom is 0.150 e. The highest BCUT2D eigenvalue weighted by atomic mass is 19.1. The van der Waals surface area contributed by atoms with Gasteiger partial charge in [-0.15, -0.1) is 0 Å². The molecule has 1 unspecified atom stereocenters. The number of nitrogens with two attached hydrogens (primary N) is 1. The van der Waals surface area contributed by atoms with Gasteiger partial charge < -0.3 is 15.5 Å². The van der Waals surface area contributed by atoms with E-state index in [0.717, 1.165) is 38.1 Å². The molecule has 1 aromatic carbocycles. The summed E-state index contributed by atoms with van der Waals surface area (Å²) in [5, 5.41) is 7.25. The monoisotopic (exact) mass is 282 g/mol. The van der Waals surface area contributed by atoms with Crippen LogP contribution in [0.5, 0.6) is 0 Å². The molecular weight excluding hydrogens is 262 g/mol. The molecule has 1 saturated heterocycles. The van der Waals surface area contributed by atoms with Crippen molar-refractivity contribution < 1.29 is 8.78 Å². The summed E-state index contributed by atoms with van der Waals surface area (Å²) in [6.07, 6.45) is 1.93. The number of piperidine rings is 1. The van der Waals surface area contributed by atoms with Crippen LogP contribution in [0.4, 0.5) is 14.5 Å². The van der Waals surface area contributed by atoms with Crippen molar-refractivity contribution in [3.63, 3.8) is 0 Å². The highest BCUT2D eigenvalue weighted by Gasteiger charge is 2.25. The van der Waals surface area contributed by atoms with E-state index < -0.39 is 11.6 Å². The van der Waals surface area contributed by atoms with Crippen molar-refractivity contribution in [1.82, 2.24) is 4.90 Å². The Kier molecular flexibility index (Phi) is 4.23. The lowest BCUT2D eigenvalue weighted by atomic mass is 10.0. The zero-order chi connectivity index (χ0) is 14.9. The van der Waals surface area contributed by atoms with Crippen molar-refractivity contribution in [2.75, 3.05) is 32.1 Å². The Morgan fingerprint density at radius 1 is 1.40 bits per heavy atom. The molecule has 20 heavy (non-hydrogen) atoms. The van der Waals surface area contributed by atoms with Crippen LogP contribution in [0, 0.1) is 17.0 Å². The summed E-state index contributed by atoms with van der Waals surface area (Å²) < 4.78 is 28.3. The Bertz CT molecular complexity index is 495. The number of likely N-dealkylation sites (tertiary alicyclic amines) is 1. The van der Waals surface area contributed by atoms with Gasteiger partial charge in [0.25, 0.3) is 0 Å². The molecule has 110 valence electrons. The normalized spacial score (nSPS) is 19.9. The van der Waals surface area contributed by atoms with Gasteiger partial charge in [-0.1, -0.05) is 0 Å². The van der Waals surface area contributed by atoms with Crippen molar-refractivity contribution in [1.29, 1.82) is 5.41 Å². The number of likely N-dealkylation sites (N-methyl/N-ethyl adjacent to an activating group) is 2. The Balaban J connectivity index is 2.29. The fraction of sp³-hybridized carbons (Fsp3) is 0.500. The second kappa shape index (κ2) is 5.75. The zero-order valence-corrected chi connectivity index (χ0v) is 11.8. The number of anilines is 1. The quantitative estimate of drug-likeness (QED) is 0.656. The zero-order valence-electron chi connectivity index (χ0n) is 11.8. The number of nitrogen functional groups attached to an aromatic ring is 1. The van der Waals surface area contributed by atoms with E-state index in [1.165, 1.54) is 0 Å². The first kappa shape index (κ1) is 14.7. The molecule has 0 saturated carbocycles. The lowest BCUT2D eigenvalue weighted by Crippen LogP contribution is -2.45. The smallest absolute Gasteiger partial charge is 0.150 e. The van der Waals surface area contributed by atoms with Crippen LogP contribution >= 0.6 is 0 Å². The third-order valence-electron chi connectivity index (χ3n) is 3.83. The maximum atomic E-state index is 14.1. The molecule has 2 rings (SSSR count). The van der Waals surface area contributed by atoms with Crippen molar-refractivity contribution in [3.8, 4) is 0 Å². The lowest BCUT2D eigenvalue weighted by Gasteiger charge is -2.37. The van der Waals surface area contributed by atoms with E-state index in [2.05, 4.69) is 4.90 Å². The predicted molar refractivity (Wildman–Crippen MR) is 76.3 cm³/mol. The van der Waals surface area contributed by atoms with Crippen molar-refractivity contribution in [2.24, 2.45) is 5.73 Å².